The maximum atomic E-state index is 13.3. The van der Waals surface area contributed by atoms with Crippen LogP contribution in [-0.4, -0.2) is 14.1 Å². The fourth-order valence-corrected chi connectivity index (χ4v) is 3.66. The molecule has 0 spiro atoms. The third-order valence-electron chi connectivity index (χ3n) is 4.95. The Kier molecular flexibility index (Phi) is 5.57. The Labute approximate surface area is 157 Å². The summed E-state index contributed by atoms with van der Waals surface area (Å²) in [5.74, 6) is 0.250. The van der Waals surface area contributed by atoms with Crippen LogP contribution < -0.4 is 5.69 Å². The second kappa shape index (κ2) is 7.87. The van der Waals surface area contributed by atoms with E-state index in [4.69, 9.17) is 0 Å². The van der Waals surface area contributed by atoms with E-state index in [0.29, 0.717) is 11.6 Å². The molecule has 3 aromatic rings. The van der Waals surface area contributed by atoms with Crippen molar-refractivity contribution in [2.75, 3.05) is 0 Å². The Morgan fingerprint density at radius 3 is 2.35 bits per heavy atom. The lowest BCUT2D eigenvalue weighted by Gasteiger charge is -2.08. The van der Waals surface area contributed by atoms with E-state index in [1.165, 1.54) is 37.8 Å². The van der Waals surface area contributed by atoms with Crippen LogP contribution >= 0.6 is 12.4 Å². The van der Waals surface area contributed by atoms with Gasteiger partial charge >= 0.3 is 5.69 Å². The zero-order valence-corrected chi connectivity index (χ0v) is 15.2. The average molecular weight is 374 g/mol. The lowest BCUT2D eigenvalue weighted by atomic mass is 10.1. The summed E-state index contributed by atoms with van der Waals surface area (Å²) >= 11 is 0. The SMILES string of the molecule is Cl.O=c1n(CC2CCCC2)cc(-c2ccncc2)n1-c1ccc(F)cc1. The lowest BCUT2D eigenvalue weighted by molar-refractivity contribution is 0.448. The largest absolute Gasteiger partial charge is 0.333 e. The minimum Gasteiger partial charge on any atom is -0.298 e. The van der Waals surface area contributed by atoms with Crippen LogP contribution in [0.5, 0.6) is 0 Å². The third kappa shape index (κ3) is 3.58. The van der Waals surface area contributed by atoms with E-state index in [1.807, 2.05) is 18.3 Å². The van der Waals surface area contributed by atoms with Crippen molar-refractivity contribution in [3.05, 3.63) is 71.3 Å². The van der Waals surface area contributed by atoms with Crippen molar-refractivity contribution < 1.29 is 4.39 Å². The molecule has 0 aliphatic heterocycles. The number of halogens is 2. The van der Waals surface area contributed by atoms with Crippen LogP contribution in [-0.2, 0) is 6.54 Å². The van der Waals surface area contributed by atoms with Crippen molar-refractivity contribution in [3.63, 3.8) is 0 Å². The first-order valence-corrected chi connectivity index (χ1v) is 8.71. The highest BCUT2D eigenvalue weighted by Crippen LogP contribution is 2.27. The average Bonchev–Trinajstić information content (AvgIpc) is 3.26. The van der Waals surface area contributed by atoms with Crippen LogP contribution in [0.2, 0.25) is 0 Å². The summed E-state index contributed by atoms with van der Waals surface area (Å²) < 4.78 is 16.8. The monoisotopic (exact) mass is 373 g/mol. The molecule has 0 bridgehead atoms. The maximum absolute atomic E-state index is 13.3. The first-order chi connectivity index (χ1) is 12.2. The van der Waals surface area contributed by atoms with Gasteiger partial charge in [-0.05, 0) is 55.2 Å². The fourth-order valence-electron chi connectivity index (χ4n) is 3.66. The number of pyridine rings is 1. The molecule has 4 rings (SSSR count). The summed E-state index contributed by atoms with van der Waals surface area (Å²) in [6, 6.07) is 9.81. The van der Waals surface area contributed by atoms with Gasteiger partial charge in [0.15, 0.2) is 0 Å². The Balaban J connectivity index is 0.00000196. The fraction of sp³-hybridized carbons (Fsp3) is 0.300. The van der Waals surface area contributed by atoms with E-state index in [0.717, 1.165) is 17.8 Å². The molecule has 26 heavy (non-hydrogen) atoms. The van der Waals surface area contributed by atoms with E-state index in [1.54, 1.807) is 33.7 Å². The summed E-state index contributed by atoms with van der Waals surface area (Å²) in [6.45, 7) is 0.741. The molecule has 2 aromatic heterocycles. The molecule has 1 fully saturated rings. The highest BCUT2D eigenvalue weighted by Gasteiger charge is 2.20. The summed E-state index contributed by atoms with van der Waals surface area (Å²) in [4.78, 5) is 17.1. The summed E-state index contributed by atoms with van der Waals surface area (Å²) in [6.07, 6.45) is 10.2. The molecule has 0 N–H and O–H groups in total. The van der Waals surface area contributed by atoms with E-state index >= 15 is 0 Å². The molecule has 0 amide bonds. The standard InChI is InChI=1S/C20H20FN3O.ClH/c21-17-5-7-18(8-6-17)24-19(16-9-11-22-12-10-16)14-23(20(24)25)13-15-3-1-2-4-15;/h5-12,14-15H,1-4,13H2;1H. The molecule has 0 atom stereocenters. The van der Waals surface area contributed by atoms with E-state index in [-0.39, 0.29) is 23.9 Å². The van der Waals surface area contributed by atoms with Crippen LogP contribution in [0, 0.1) is 11.7 Å². The zero-order valence-electron chi connectivity index (χ0n) is 14.3. The van der Waals surface area contributed by atoms with Gasteiger partial charge in [-0.2, -0.15) is 0 Å². The molecule has 1 aliphatic carbocycles. The van der Waals surface area contributed by atoms with Crippen molar-refractivity contribution in [1.82, 2.24) is 14.1 Å². The molecule has 136 valence electrons. The first kappa shape index (κ1) is 18.4. The van der Waals surface area contributed by atoms with Gasteiger partial charge in [-0.3, -0.25) is 14.1 Å². The number of benzene rings is 1. The third-order valence-corrected chi connectivity index (χ3v) is 4.95. The zero-order chi connectivity index (χ0) is 17.2. The second-order valence-electron chi connectivity index (χ2n) is 6.65. The topological polar surface area (TPSA) is 39.8 Å². The smallest absolute Gasteiger partial charge is 0.298 e. The molecule has 0 radical (unpaired) electrons. The molecule has 2 heterocycles. The van der Waals surface area contributed by atoms with Gasteiger partial charge in [0.25, 0.3) is 0 Å². The molecule has 0 saturated heterocycles. The summed E-state index contributed by atoms with van der Waals surface area (Å²) in [5.41, 5.74) is 2.31. The highest BCUT2D eigenvalue weighted by molar-refractivity contribution is 5.85. The van der Waals surface area contributed by atoms with Gasteiger partial charge in [0, 0.05) is 30.7 Å². The van der Waals surface area contributed by atoms with E-state index < -0.39 is 0 Å². The minimum absolute atomic E-state index is 0. The van der Waals surface area contributed by atoms with Gasteiger partial charge in [-0.15, -0.1) is 12.4 Å². The van der Waals surface area contributed by atoms with Gasteiger partial charge in [-0.25, -0.2) is 9.18 Å². The number of nitrogens with zero attached hydrogens (tertiary/aromatic N) is 3. The number of rotatable bonds is 4. The lowest BCUT2D eigenvalue weighted by Crippen LogP contribution is -2.25. The summed E-state index contributed by atoms with van der Waals surface area (Å²) in [5, 5.41) is 0. The predicted molar refractivity (Wildman–Crippen MR) is 102 cm³/mol. The molecular formula is C20H21ClFN3O. The molecule has 6 heteroatoms. The predicted octanol–water partition coefficient (Wildman–Crippen LogP) is 4.45. The van der Waals surface area contributed by atoms with Gasteiger partial charge < -0.3 is 0 Å². The van der Waals surface area contributed by atoms with Crippen molar-refractivity contribution in [2.24, 2.45) is 5.92 Å². The molecular weight excluding hydrogens is 353 g/mol. The maximum Gasteiger partial charge on any atom is 0.333 e. The number of hydrogen-bond donors (Lipinski definition) is 0. The minimum atomic E-state index is -0.312. The van der Waals surface area contributed by atoms with Crippen LogP contribution in [0.15, 0.2) is 59.8 Å². The van der Waals surface area contributed by atoms with Crippen molar-refractivity contribution in [3.8, 4) is 16.9 Å². The van der Waals surface area contributed by atoms with Gasteiger partial charge in [0.05, 0.1) is 11.4 Å². The Hall–Kier alpha value is -2.40. The van der Waals surface area contributed by atoms with Crippen LogP contribution in [0.1, 0.15) is 25.7 Å². The van der Waals surface area contributed by atoms with Crippen LogP contribution in [0.4, 0.5) is 4.39 Å². The second-order valence-corrected chi connectivity index (χ2v) is 6.65. The van der Waals surface area contributed by atoms with Crippen molar-refractivity contribution in [1.29, 1.82) is 0 Å². The van der Waals surface area contributed by atoms with E-state index in [9.17, 15) is 9.18 Å². The summed E-state index contributed by atoms with van der Waals surface area (Å²) in [7, 11) is 0. The Bertz CT molecular complexity index is 912. The van der Waals surface area contributed by atoms with Gasteiger partial charge in [0.2, 0.25) is 0 Å². The molecule has 0 unspecified atom stereocenters. The first-order valence-electron chi connectivity index (χ1n) is 8.71. The van der Waals surface area contributed by atoms with Crippen LogP contribution in [0.25, 0.3) is 16.9 Å². The van der Waals surface area contributed by atoms with Gasteiger partial charge in [0.1, 0.15) is 5.82 Å². The highest BCUT2D eigenvalue weighted by atomic mass is 35.5. The van der Waals surface area contributed by atoms with Crippen molar-refractivity contribution >= 4 is 12.4 Å². The molecule has 1 aliphatic rings. The number of aromatic nitrogens is 3. The normalized spacial score (nSPS) is 14.3. The van der Waals surface area contributed by atoms with E-state index in [2.05, 4.69) is 4.98 Å². The van der Waals surface area contributed by atoms with Gasteiger partial charge in [-0.1, -0.05) is 12.8 Å². The molecule has 1 saturated carbocycles. The number of imidazole rings is 1. The quantitative estimate of drug-likeness (QED) is 0.677. The Morgan fingerprint density at radius 1 is 1.04 bits per heavy atom. The molecule has 4 nitrogen and oxygen atoms in total. The molecule has 1 aromatic carbocycles. The Morgan fingerprint density at radius 2 is 1.69 bits per heavy atom. The van der Waals surface area contributed by atoms with Crippen LogP contribution in [0.3, 0.4) is 0 Å². The van der Waals surface area contributed by atoms with Crippen molar-refractivity contribution in [2.45, 2.75) is 32.2 Å². The number of hydrogen-bond acceptors (Lipinski definition) is 2.